The lowest BCUT2D eigenvalue weighted by molar-refractivity contribution is 0.153. The van der Waals surface area contributed by atoms with E-state index in [0.717, 1.165) is 0 Å². The molecule has 1 rings (SSSR count). The summed E-state index contributed by atoms with van der Waals surface area (Å²) in [6, 6.07) is 3.84. The van der Waals surface area contributed by atoms with Gasteiger partial charge in [0.2, 0.25) is 0 Å². The fourth-order valence-corrected chi connectivity index (χ4v) is 1.61. The third kappa shape index (κ3) is 4.35. The van der Waals surface area contributed by atoms with Crippen LogP contribution in [0.1, 0.15) is 26.3 Å². The van der Waals surface area contributed by atoms with Crippen molar-refractivity contribution >= 4 is 0 Å². The molecule has 0 aliphatic heterocycles. The molecule has 1 unspecified atom stereocenters. The molecule has 0 radical (unpaired) electrons. The zero-order chi connectivity index (χ0) is 13.8. The summed E-state index contributed by atoms with van der Waals surface area (Å²) in [4.78, 5) is 0. The molecule has 0 heterocycles. The van der Waals surface area contributed by atoms with Crippen molar-refractivity contribution in [2.75, 3.05) is 13.2 Å². The van der Waals surface area contributed by atoms with E-state index >= 15 is 0 Å². The number of halogens is 2. The standard InChI is InChI=1S/C14H21F2NO/c1-10(17-8-14(2,3)9-18)7-11-12(15)5-4-6-13(11)16/h4-6,10,17-18H,7-9H2,1-3H3. The van der Waals surface area contributed by atoms with Gasteiger partial charge in [0.1, 0.15) is 11.6 Å². The van der Waals surface area contributed by atoms with Gasteiger partial charge in [-0.05, 0) is 25.5 Å². The van der Waals surface area contributed by atoms with Gasteiger partial charge in [0, 0.05) is 30.2 Å². The normalized spacial score (nSPS) is 13.7. The molecule has 0 aliphatic carbocycles. The van der Waals surface area contributed by atoms with Crippen molar-refractivity contribution in [3.05, 3.63) is 35.4 Å². The van der Waals surface area contributed by atoms with Crippen molar-refractivity contribution in [3.8, 4) is 0 Å². The van der Waals surface area contributed by atoms with Gasteiger partial charge in [0.25, 0.3) is 0 Å². The van der Waals surface area contributed by atoms with Gasteiger partial charge in [-0.1, -0.05) is 19.9 Å². The Hall–Kier alpha value is -1.00. The summed E-state index contributed by atoms with van der Waals surface area (Å²) in [5.41, 5.74) is -0.124. The van der Waals surface area contributed by atoms with E-state index in [-0.39, 0.29) is 23.6 Å². The van der Waals surface area contributed by atoms with Crippen LogP contribution in [0.15, 0.2) is 18.2 Å². The molecular weight excluding hydrogens is 236 g/mol. The van der Waals surface area contributed by atoms with E-state index in [9.17, 15) is 8.78 Å². The highest BCUT2D eigenvalue weighted by atomic mass is 19.1. The first-order valence-electron chi connectivity index (χ1n) is 6.13. The zero-order valence-electron chi connectivity index (χ0n) is 11.1. The molecular formula is C14H21F2NO. The average Bonchev–Trinajstić information content (AvgIpc) is 2.32. The first-order chi connectivity index (χ1) is 8.35. The van der Waals surface area contributed by atoms with Gasteiger partial charge in [-0.15, -0.1) is 0 Å². The Balaban J connectivity index is 2.57. The number of nitrogens with one attached hydrogen (secondary N) is 1. The van der Waals surface area contributed by atoms with Crippen LogP contribution in [0.4, 0.5) is 8.78 Å². The lowest BCUT2D eigenvalue weighted by atomic mass is 9.94. The summed E-state index contributed by atoms with van der Waals surface area (Å²) in [6.07, 6.45) is 0.292. The third-order valence-electron chi connectivity index (χ3n) is 2.93. The van der Waals surface area contributed by atoms with Gasteiger partial charge < -0.3 is 10.4 Å². The highest BCUT2D eigenvalue weighted by molar-refractivity contribution is 5.20. The maximum atomic E-state index is 13.4. The highest BCUT2D eigenvalue weighted by Crippen LogP contribution is 2.15. The van der Waals surface area contributed by atoms with Crippen LogP contribution in [0, 0.1) is 17.0 Å². The van der Waals surface area contributed by atoms with Crippen LogP contribution >= 0.6 is 0 Å². The maximum absolute atomic E-state index is 13.4. The third-order valence-corrected chi connectivity index (χ3v) is 2.93. The quantitative estimate of drug-likeness (QED) is 0.820. The number of aliphatic hydroxyl groups excluding tert-OH is 1. The number of rotatable bonds is 6. The maximum Gasteiger partial charge on any atom is 0.129 e. The SMILES string of the molecule is CC(Cc1c(F)cccc1F)NCC(C)(C)CO. The van der Waals surface area contributed by atoms with Crippen LogP contribution in [0.3, 0.4) is 0 Å². The Morgan fingerprint density at radius 1 is 1.28 bits per heavy atom. The molecule has 1 atom stereocenters. The Morgan fingerprint density at radius 3 is 2.33 bits per heavy atom. The summed E-state index contributed by atoms with van der Waals surface area (Å²) in [5.74, 6) is -1.02. The molecule has 2 N–H and O–H groups in total. The van der Waals surface area contributed by atoms with E-state index in [4.69, 9.17) is 5.11 Å². The van der Waals surface area contributed by atoms with Gasteiger partial charge in [0.15, 0.2) is 0 Å². The molecule has 0 saturated carbocycles. The summed E-state index contributed by atoms with van der Waals surface area (Å²) < 4.78 is 26.9. The fourth-order valence-electron chi connectivity index (χ4n) is 1.61. The van der Waals surface area contributed by atoms with Crippen molar-refractivity contribution in [1.82, 2.24) is 5.32 Å². The second kappa shape index (κ2) is 6.25. The Kier molecular flexibility index (Phi) is 5.23. The monoisotopic (exact) mass is 257 g/mol. The van der Waals surface area contributed by atoms with E-state index in [1.54, 1.807) is 0 Å². The van der Waals surface area contributed by atoms with Crippen molar-refractivity contribution in [2.45, 2.75) is 33.2 Å². The minimum atomic E-state index is -0.509. The lowest BCUT2D eigenvalue weighted by Crippen LogP contribution is -2.38. The molecule has 2 nitrogen and oxygen atoms in total. The summed E-state index contributed by atoms with van der Waals surface area (Å²) in [6.45, 7) is 6.40. The fraction of sp³-hybridized carbons (Fsp3) is 0.571. The van der Waals surface area contributed by atoms with Gasteiger partial charge >= 0.3 is 0 Å². The van der Waals surface area contributed by atoms with E-state index in [1.165, 1.54) is 18.2 Å². The minimum Gasteiger partial charge on any atom is -0.396 e. The molecule has 1 aromatic rings. The van der Waals surface area contributed by atoms with E-state index in [1.807, 2.05) is 20.8 Å². The molecule has 0 aromatic heterocycles. The molecule has 4 heteroatoms. The number of benzene rings is 1. The molecule has 102 valence electrons. The first-order valence-corrected chi connectivity index (χ1v) is 6.13. The largest absolute Gasteiger partial charge is 0.396 e. The molecule has 0 saturated heterocycles. The van der Waals surface area contributed by atoms with Crippen LogP contribution in [-0.4, -0.2) is 24.3 Å². The number of hydrogen-bond donors (Lipinski definition) is 2. The topological polar surface area (TPSA) is 32.3 Å². The molecule has 18 heavy (non-hydrogen) atoms. The van der Waals surface area contributed by atoms with E-state index < -0.39 is 11.6 Å². The molecule has 0 aliphatic rings. The van der Waals surface area contributed by atoms with Crippen molar-refractivity contribution < 1.29 is 13.9 Å². The van der Waals surface area contributed by atoms with E-state index in [2.05, 4.69) is 5.32 Å². The molecule has 0 spiro atoms. The van der Waals surface area contributed by atoms with Gasteiger partial charge in [-0.3, -0.25) is 0 Å². The minimum absolute atomic E-state index is 0.0535. The Bertz CT molecular complexity index is 373. The Morgan fingerprint density at radius 2 is 1.83 bits per heavy atom. The zero-order valence-corrected chi connectivity index (χ0v) is 11.1. The smallest absolute Gasteiger partial charge is 0.129 e. The van der Waals surface area contributed by atoms with E-state index in [0.29, 0.717) is 13.0 Å². The van der Waals surface area contributed by atoms with Crippen LogP contribution in [-0.2, 0) is 6.42 Å². The predicted octanol–water partition coefficient (Wildman–Crippen LogP) is 2.50. The predicted molar refractivity (Wildman–Crippen MR) is 68.4 cm³/mol. The lowest BCUT2D eigenvalue weighted by Gasteiger charge is -2.25. The molecule has 0 bridgehead atoms. The highest BCUT2D eigenvalue weighted by Gasteiger charge is 2.18. The van der Waals surface area contributed by atoms with Crippen molar-refractivity contribution in [1.29, 1.82) is 0 Å². The van der Waals surface area contributed by atoms with Crippen LogP contribution in [0.2, 0.25) is 0 Å². The molecule has 1 aromatic carbocycles. The first kappa shape index (κ1) is 15.1. The average molecular weight is 257 g/mol. The number of aliphatic hydroxyl groups is 1. The van der Waals surface area contributed by atoms with Crippen LogP contribution in [0.5, 0.6) is 0 Å². The molecule has 0 amide bonds. The van der Waals surface area contributed by atoms with Crippen LogP contribution < -0.4 is 5.32 Å². The van der Waals surface area contributed by atoms with Gasteiger partial charge in [0.05, 0.1) is 0 Å². The second-order valence-corrected chi connectivity index (χ2v) is 5.51. The summed E-state index contributed by atoms with van der Waals surface area (Å²) >= 11 is 0. The molecule has 0 fully saturated rings. The van der Waals surface area contributed by atoms with Crippen molar-refractivity contribution in [2.24, 2.45) is 5.41 Å². The van der Waals surface area contributed by atoms with Gasteiger partial charge in [-0.25, -0.2) is 8.78 Å². The number of hydrogen-bond acceptors (Lipinski definition) is 2. The van der Waals surface area contributed by atoms with Crippen LogP contribution in [0.25, 0.3) is 0 Å². The summed E-state index contributed by atoms with van der Waals surface area (Å²) in [5, 5.41) is 12.3. The summed E-state index contributed by atoms with van der Waals surface area (Å²) in [7, 11) is 0. The second-order valence-electron chi connectivity index (χ2n) is 5.51. The Labute approximate surface area is 107 Å². The van der Waals surface area contributed by atoms with Gasteiger partial charge in [-0.2, -0.15) is 0 Å². The van der Waals surface area contributed by atoms with Crippen molar-refractivity contribution in [3.63, 3.8) is 0 Å².